The van der Waals surface area contributed by atoms with Gasteiger partial charge in [0.25, 0.3) is 0 Å². The fourth-order valence-electron chi connectivity index (χ4n) is 1.64. The predicted molar refractivity (Wildman–Crippen MR) is 75.6 cm³/mol. The lowest BCUT2D eigenvalue weighted by molar-refractivity contribution is 0.578. The van der Waals surface area contributed by atoms with Crippen LogP contribution in [0.3, 0.4) is 0 Å². The van der Waals surface area contributed by atoms with Crippen LogP contribution in [-0.4, -0.2) is 14.7 Å². The Balaban J connectivity index is 2.39. The van der Waals surface area contributed by atoms with Gasteiger partial charge in [0.15, 0.2) is 0 Å². The lowest BCUT2D eigenvalue weighted by Gasteiger charge is -2.17. The van der Waals surface area contributed by atoms with E-state index in [1.165, 1.54) is 11.3 Å². The summed E-state index contributed by atoms with van der Waals surface area (Å²) < 4.78 is 25.5. The van der Waals surface area contributed by atoms with Crippen molar-refractivity contribution in [1.82, 2.24) is 4.72 Å². The zero-order valence-corrected chi connectivity index (χ0v) is 12.0. The standard InChI is InChI=1S/C12H12ClNO2S2/c1-18(15,16)14-12(10-6-7-17-8-10)9-2-4-11(13)5-3-9/h2-8,12,14H,1H3/t12-/m0/s1. The van der Waals surface area contributed by atoms with E-state index < -0.39 is 10.0 Å². The average Bonchev–Trinajstić information content (AvgIpc) is 2.79. The second-order valence-corrected chi connectivity index (χ2v) is 6.93. The number of thiophene rings is 1. The third-order valence-corrected chi connectivity index (χ3v) is 4.03. The molecule has 0 fully saturated rings. The van der Waals surface area contributed by atoms with E-state index >= 15 is 0 Å². The van der Waals surface area contributed by atoms with Crippen molar-refractivity contribution in [3.8, 4) is 0 Å². The molecule has 1 aromatic heterocycles. The van der Waals surface area contributed by atoms with E-state index in [4.69, 9.17) is 11.6 Å². The topological polar surface area (TPSA) is 46.2 Å². The van der Waals surface area contributed by atoms with Crippen LogP contribution in [0.1, 0.15) is 17.2 Å². The summed E-state index contributed by atoms with van der Waals surface area (Å²) in [6.45, 7) is 0. The zero-order chi connectivity index (χ0) is 13.2. The molecule has 0 bridgehead atoms. The van der Waals surface area contributed by atoms with Crippen LogP contribution >= 0.6 is 22.9 Å². The first-order valence-electron chi connectivity index (χ1n) is 5.20. The molecule has 1 aromatic carbocycles. The molecule has 0 aliphatic rings. The summed E-state index contributed by atoms with van der Waals surface area (Å²) in [5.74, 6) is 0. The summed E-state index contributed by atoms with van der Waals surface area (Å²) in [5, 5.41) is 4.47. The van der Waals surface area contributed by atoms with Crippen LogP contribution in [0.5, 0.6) is 0 Å². The molecule has 0 spiro atoms. The van der Waals surface area contributed by atoms with Crippen LogP contribution in [0.2, 0.25) is 5.02 Å². The maximum absolute atomic E-state index is 11.4. The van der Waals surface area contributed by atoms with Crippen molar-refractivity contribution in [3.63, 3.8) is 0 Å². The van der Waals surface area contributed by atoms with Gasteiger partial charge < -0.3 is 0 Å². The van der Waals surface area contributed by atoms with Crippen LogP contribution in [0.15, 0.2) is 41.1 Å². The Labute approximate surface area is 115 Å². The van der Waals surface area contributed by atoms with Crippen molar-refractivity contribution < 1.29 is 8.42 Å². The van der Waals surface area contributed by atoms with Gasteiger partial charge in [-0.3, -0.25) is 0 Å². The van der Waals surface area contributed by atoms with Gasteiger partial charge in [-0.05, 0) is 40.1 Å². The first-order valence-corrected chi connectivity index (χ1v) is 8.42. The largest absolute Gasteiger partial charge is 0.213 e. The summed E-state index contributed by atoms with van der Waals surface area (Å²) >= 11 is 7.37. The number of hydrogen-bond acceptors (Lipinski definition) is 3. The minimum absolute atomic E-state index is 0.372. The van der Waals surface area contributed by atoms with E-state index in [1.54, 1.807) is 12.1 Å². The fraction of sp³-hybridized carbons (Fsp3) is 0.167. The third kappa shape index (κ3) is 3.55. The van der Waals surface area contributed by atoms with E-state index in [0.29, 0.717) is 5.02 Å². The monoisotopic (exact) mass is 301 g/mol. The summed E-state index contributed by atoms with van der Waals surface area (Å²) in [5.41, 5.74) is 1.79. The highest BCUT2D eigenvalue weighted by molar-refractivity contribution is 7.88. The second-order valence-electron chi connectivity index (χ2n) is 3.93. The van der Waals surface area contributed by atoms with Crippen molar-refractivity contribution in [1.29, 1.82) is 0 Å². The molecule has 0 aliphatic heterocycles. The van der Waals surface area contributed by atoms with Gasteiger partial charge in [-0.2, -0.15) is 11.3 Å². The molecule has 1 atom stereocenters. The Kier molecular flexibility index (Phi) is 4.07. The highest BCUT2D eigenvalue weighted by atomic mass is 35.5. The maximum atomic E-state index is 11.4. The Morgan fingerprint density at radius 2 is 1.83 bits per heavy atom. The maximum Gasteiger partial charge on any atom is 0.209 e. The van der Waals surface area contributed by atoms with Crippen LogP contribution in [0.25, 0.3) is 0 Å². The van der Waals surface area contributed by atoms with Gasteiger partial charge in [0.05, 0.1) is 12.3 Å². The van der Waals surface area contributed by atoms with Crippen molar-refractivity contribution in [3.05, 3.63) is 57.2 Å². The molecule has 1 N–H and O–H groups in total. The molecule has 2 rings (SSSR count). The third-order valence-electron chi connectivity index (χ3n) is 2.41. The molecule has 18 heavy (non-hydrogen) atoms. The van der Waals surface area contributed by atoms with Crippen LogP contribution in [0.4, 0.5) is 0 Å². The summed E-state index contributed by atoms with van der Waals surface area (Å²) in [6, 6.07) is 8.68. The molecular formula is C12H12ClNO2S2. The number of sulfonamides is 1. The second kappa shape index (κ2) is 5.40. The van der Waals surface area contributed by atoms with Gasteiger partial charge in [0, 0.05) is 5.02 Å². The molecular weight excluding hydrogens is 290 g/mol. The Morgan fingerprint density at radius 1 is 1.17 bits per heavy atom. The molecule has 0 unspecified atom stereocenters. The molecule has 0 saturated carbocycles. The molecule has 2 aromatic rings. The number of halogens is 1. The van der Waals surface area contributed by atoms with Crippen LogP contribution in [0, 0.1) is 0 Å². The SMILES string of the molecule is CS(=O)(=O)N[C@@H](c1ccc(Cl)cc1)c1ccsc1. The molecule has 0 amide bonds. The number of nitrogens with one attached hydrogen (secondary N) is 1. The summed E-state index contributed by atoms with van der Waals surface area (Å²) in [4.78, 5) is 0. The van der Waals surface area contributed by atoms with Crippen LogP contribution < -0.4 is 4.72 Å². The van der Waals surface area contributed by atoms with E-state index in [-0.39, 0.29) is 6.04 Å². The first-order chi connectivity index (χ1) is 8.46. The minimum Gasteiger partial charge on any atom is -0.213 e. The van der Waals surface area contributed by atoms with Gasteiger partial charge in [-0.15, -0.1) is 0 Å². The molecule has 96 valence electrons. The lowest BCUT2D eigenvalue weighted by Crippen LogP contribution is -2.27. The molecule has 6 heteroatoms. The highest BCUT2D eigenvalue weighted by Gasteiger charge is 2.18. The van der Waals surface area contributed by atoms with Gasteiger partial charge in [-0.1, -0.05) is 23.7 Å². The number of hydrogen-bond donors (Lipinski definition) is 1. The quantitative estimate of drug-likeness (QED) is 0.943. The van der Waals surface area contributed by atoms with Crippen molar-refractivity contribution in [2.45, 2.75) is 6.04 Å². The van der Waals surface area contributed by atoms with Crippen molar-refractivity contribution in [2.75, 3.05) is 6.26 Å². The zero-order valence-electron chi connectivity index (χ0n) is 9.63. The predicted octanol–water partition coefficient (Wildman–Crippen LogP) is 3.04. The highest BCUT2D eigenvalue weighted by Crippen LogP contribution is 2.25. The Hall–Kier alpha value is -0.880. The normalized spacial score (nSPS) is 13.4. The van der Waals surface area contributed by atoms with E-state index in [0.717, 1.165) is 17.4 Å². The van der Waals surface area contributed by atoms with Gasteiger partial charge in [0.2, 0.25) is 10.0 Å². The summed E-state index contributed by atoms with van der Waals surface area (Å²) in [7, 11) is -3.29. The van der Waals surface area contributed by atoms with E-state index in [9.17, 15) is 8.42 Å². The Bertz CT molecular complexity index is 606. The molecule has 1 heterocycles. The average molecular weight is 302 g/mol. The minimum atomic E-state index is -3.29. The lowest BCUT2D eigenvalue weighted by atomic mass is 10.0. The molecule has 0 radical (unpaired) electrons. The smallest absolute Gasteiger partial charge is 0.209 e. The fourth-order valence-corrected chi connectivity index (χ4v) is 3.15. The van der Waals surface area contributed by atoms with Gasteiger partial charge in [-0.25, -0.2) is 13.1 Å². The number of benzene rings is 1. The van der Waals surface area contributed by atoms with E-state index in [1.807, 2.05) is 29.0 Å². The first kappa shape index (κ1) is 13.5. The van der Waals surface area contributed by atoms with Crippen molar-refractivity contribution in [2.24, 2.45) is 0 Å². The summed E-state index contributed by atoms with van der Waals surface area (Å²) in [6.07, 6.45) is 1.16. The van der Waals surface area contributed by atoms with Gasteiger partial charge in [0.1, 0.15) is 0 Å². The van der Waals surface area contributed by atoms with E-state index in [2.05, 4.69) is 4.72 Å². The van der Waals surface area contributed by atoms with Gasteiger partial charge >= 0.3 is 0 Å². The molecule has 0 aliphatic carbocycles. The van der Waals surface area contributed by atoms with Crippen LogP contribution in [-0.2, 0) is 10.0 Å². The van der Waals surface area contributed by atoms with Crippen molar-refractivity contribution >= 4 is 33.0 Å². The number of rotatable bonds is 4. The Morgan fingerprint density at radius 3 is 2.33 bits per heavy atom. The molecule has 0 saturated heterocycles. The molecule has 3 nitrogen and oxygen atoms in total.